The average Bonchev–Trinajstić information content (AvgIpc) is 2.98. The summed E-state index contributed by atoms with van der Waals surface area (Å²) in [5.74, 6) is 0. The van der Waals surface area contributed by atoms with Gasteiger partial charge in [-0.3, -0.25) is 4.68 Å². The van der Waals surface area contributed by atoms with Gasteiger partial charge in [0.25, 0.3) is 0 Å². The van der Waals surface area contributed by atoms with Gasteiger partial charge in [0, 0.05) is 19.3 Å². The Kier molecular flexibility index (Phi) is 3.54. The summed E-state index contributed by atoms with van der Waals surface area (Å²) >= 11 is 0. The van der Waals surface area contributed by atoms with Gasteiger partial charge in [0.2, 0.25) is 0 Å². The second-order valence-electron chi connectivity index (χ2n) is 5.17. The third-order valence-electron chi connectivity index (χ3n) is 3.82. The van der Waals surface area contributed by atoms with Crippen LogP contribution in [-0.4, -0.2) is 27.6 Å². The fourth-order valence-electron chi connectivity index (χ4n) is 2.80. The number of aliphatic hydroxyl groups is 1. The van der Waals surface area contributed by atoms with E-state index in [0.29, 0.717) is 0 Å². The van der Waals surface area contributed by atoms with Gasteiger partial charge in [0.05, 0.1) is 11.3 Å². The van der Waals surface area contributed by atoms with Crippen LogP contribution in [0.5, 0.6) is 0 Å². The zero-order valence-corrected chi connectivity index (χ0v) is 10.9. The number of methoxy groups -OCH3 is 1. The molecule has 1 fully saturated rings. The molecule has 0 spiro atoms. The van der Waals surface area contributed by atoms with Crippen molar-refractivity contribution in [2.24, 2.45) is 0 Å². The Balaban J connectivity index is 2.29. The normalized spacial score (nSPS) is 21.0. The third-order valence-corrected chi connectivity index (χ3v) is 3.82. The van der Waals surface area contributed by atoms with E-state index in [0.717, 1.165) is 31.4 Å². The maximum Gasteiger partial charge on any atom is 0.124 e. The van der Waals surface area contributed by atoms with Crippen LogP contribution in [0.2, 0.25) is 0 Å². The van der Waals surface area contributed by atoms with Gasteiger partial charge in [0.15, 0.2) is 0 Å². The van der Waals surface area contributed by atoms with Crippen LogP contribution in [-0.2, 0) is 4.74 Å². The SMILES string of the molecule is COC1(C(O)c2ccnn2C(C)C)CCCC1. The Morgan fingerprint density at radius 2 is 2.06 bits per heavy atom. The molecule has 0 aromatic carbocycles. The van der Waals surface area contributed by atoms with E-state index in [1.165, 1.54) is 0 Å². The van der Waals surface area contributed by atoms with Crippen LogP contribution < -0.4 is 0 Å². The molecule has 1 N–H and O–H groups in total. The third kappa shape index (κ3) is 2.11. The number of rotatable bonds is 4. The highest BCUT2D eigenvalue weighted by Crippen LogP contribution is 2.42. The van der Waals surface area contributed by atoms with Gasteiger partial charge in [0.1, 0.15) is 6.10 Å². The average molecular weight is 238 g/mol. The summed E-state index contributed by atoms with van der Waals surface area (Å²) < 4.78 is 7.51. The fourth-order valence-corrected chi connectivity index (χ4v) is 2.80. The molecule has 0 radical (unpaired) electrons. The predicted molar refractivity (Wildman–Crippen MR) is 65.8 cm³/mol. The number of ether oxygens (including phenoxy) is 1. The molecule has 1 aliphatic carbocycles. The maximum absolute atomic E-state index is 10.6. The van der Waals surface area contributed by atoms with Crippen LogP contribution in [0.15, 0.2) is 12.3 Å². The first-order valence-electron chi connectivity index (χ1n) is 6.37. The molecule has 1 aromatic rings. The Morgan fingerprint density at radius 3 is 2.59 bits per heavy atom. The summed E-state index contributed by atoms with van der Waals surface area (Å²) in [4.78, 5) is 0. The summed E-state index contributed by atoms with van der Waals surface area (Å²) in [6, 6.07) is 2.15. The van der Waals surface area contributed by atoms with Gasteiger partial charge in [-0.15, -0.1) is 0 Å². The molecule has 1 atom stereocenters. The van der Waals surface area contributed by atoms with Crippen LogP contribution in [0.3, 0.4) is 0 Å². The molecule has 17 heavy (non-hydrogen) atoms. The van der Waals surface area contributed by atoms with Gasteiger partial charge < -0.3 is 9.84 Å². The second-order valence-corrected chi connectivity index (χ2v) is 5.17. The molecular weight excluding hydrogens is 216 g/mol. The van der Waals surface area contributed by atoms with Crippen LogP contribution in [0.25, 0.3) is 0 Å². The van der Waals surface area contributed by atoms with E-state index in [-0.39, 0.29) is 6.04 Å². The molecule has 4 heteroatoms. The van der Waals surface area contributed by atoms with Crippen LogP contribution in [0, 0.1) is 0 Å². The molecular formula is C13H22N2O2. The number of nitrogens with zero attached hydrogens (tertiary/aromatic N) is 2. The zero-order chi connectivity index (χ0) is 12.5. The van der Waals surface area contributed by atoms with Crippen molar-refractivity contribution in [3.63, 3.8) is 0 Å². The Hall–Kier alpha value is -0.870. The van der Waals surface area contributed by atoms with Gasteiger partial charge in [-0.05, 0) is 32.8 Å². The highest BCUT2D eigenvalue weighted by Gasteiger charge is 2.43. The largest absolute Gasteiger partial charge is 0.384 e. The van der Waals surface area contributed by atoms with Crippen LogP contribution >= 0.6 is 0 Å². The first-order chi connectivity index (χ1) is 8.10. The molecule has 1 aromatic heterocycles. The minimum atomic E-state index is -0.583. The van der Waals surface area contributed by atoms with Crippen molar-refractivity contribution in [3.8, 4) is 0 Å². The molecule has 0 amide bonds. The maximum atomic E-state index is 10.6. The highest BCUT2D eigenvalue weighted by atomic mass is 16.5. The molecule has 96 valence electrons. The summed E-state index contributed by atoms with van der Waals surface area (Å²) in [5.41, 5.74) is 0.455. The van der Waals surface area contributed by atoms with Crippen molar-refractivity contribution < 1.29 is 9.84 Å². The molecule has 0 aliphatic heterocycles. The highest BCUT2D eigenvalue weighted by molar-refractivity contribution is 5.12. The van der Waals surface area contributed by atoms with Crippen molar-refractivity contribution in [2.75, 3.05) is 7.11 Å². The van der Waals surface area contributed by atoms with Gasteiger partial charge in [-0.1, -0.05) is 12.8 Å². The van der Waals surface area contributed by atoms with Crippen molar-refractivity contribution in [2.45, 2.75) is 57.3 Å². The molecule has 0 bridgehead atoms. The Labute approximate surface area is 103 Å². The lowest BCUT2D eigenvalue weighted by Crippen LogP contribution is -2.36. The van der Waals surface area contributed by atoms with Gasteiger partial charge in [-0.25, -0.2) is 0 Å². The molecule has 1 aliphatic rings. The lowest BCUT2D eigenvalue weighted by Gasteiger charge is -2.33. The standard InChI is InChI=1S/C13H22N2O2/c1-10(2)15-11(6-9-14-15)12(16)13(17-3)7-4-5-8-13/h6,9-10,12,16H,4-5,7-8H2,1-3H3. The quantitative estimate of drug-likeness (QED) is 0.876. The van der Waals surface area contributed by atoms with Gasteiger partial charge >= 0.3 is 0 Å². The van der Waals surface area contributed by atoms with E-state index >= 15 is 0 Å². The van der Waals surface area contributed by atoms with Crippen LogP contribution in [0.1, 0.15) is 57.4 Å². The van der Waals surface area contributed by atoms with Crippen molar-refractivity contribution in [1.29, 1.82) is 0 Å². The first kappa shape index (κ1) is 12.6. The van der Waals surface area contributed by atoms with E-state index in [4.69, 9.17) is 4.74 Å². The number of hydrogen-bond acceptors (Lipinski definition) is 3. The summed E-state index contributed by atoms with van der Waals surface area (Å²) in [6.07, 6.45) is 5.26. The van der Waals surface area contributed by atoms with E-state index in [1.807, 2.05) is 10.7 Å². The monoisotopic (exact) mass is 238 g/mol. The number of aromatic nitrogens is 2. The van der Waals surface area contributed by atoms with Crippen molar-refractivity contribution >= 4 is 0 Å². The molecule has 0 saturated heterocycles. The summed E-state index contributed by atoms with van der Waals surface area (Å²) in [7, 11) is 1.70. The van der Waals surface area contributed by atoms with Crippen molar-refractivity contribution in [3.05, 3.63) is 18.0 Å². The summed E-state index contributed by atoms with van der Waals surface area (Å²) in [6.45, 7) is 4.13. The van der Waals surface area contributed by atoms with Gasteiger partial charge in [-0.2, -0.15) is 5.10 Å². The molecule has 4 nitrogen and oxygen atoms in total. The second kappa shape index (κ2) is 4.78. The molecule has 1 heterocycles. The minimum Gasteiger partial charge on any atom is -0.384 e. The minimum absolute atomic E-state index is 0.255. The van der Waals surface area contributed by atoms with E-state index in [2.05, 4.69) is 18.9 Å². The first-order valence-corrected chi connectivity index (χ1v) is 6.37. The Bertz CT molecular complexity index is 367. The molecule has 1 unspecified atom stereocenters. The molecule has 1 saturated carbocycles. The topological polar surface area (TPSA) is 47.3 Å². The van der Waals surface area contributed by atoms with E-state index in [9.17, 15) is 5.11 Å². The number of aliphatic hydroxyl groups excluding tert-OH is 1. The fraction of sp³-hybridized carbons (Fsp3) is 0.769. The van der Waals surface area contributed by atoms with Crippen molar-refractivity contribution in [1.82, 2.24) is 9.78 Å². The zero-order valence-electron chi connectivity index (χ0n) is 10.9. The smallest absolute Gasteiger partial charge is 0.124 e. The van der Waals surface area contributed by atoms with Crippen LogP contribution in [0.4, 0.5) is 0 Å². The molecule has 2 rings (SSSR count). The lowest BCUT2D eigenvalue weighted by atomic mass is 9.92. The van der Waals surface area contributed by atoms with E-state index < -0.39 is 11.7 Å². The summed E-state index contributed by atoms with van der Waals surface area (Å²) in [5, 5.41) is 14.9. The lowest BCUT2D eigenvalue weighted by molar-refractivity contribution is -0.103. The predicted octanol–water partition coefficient (Wildman–Crippen LogP) is 2.46. The Morgan fingerprint density at radius 1 is 1.41 bits per heavy atom. The number of hydrogen-bond donors (Lipinski definition) is 1. The van der Waals surface area contributed by atoms with E-state index in [1.54, 1.807) is 13.3 Å².